The van der Waals surface area contributed by atoms with E-state index in [4.69, 9.17) is 4.74 Å². The lowest BCUT2D eigenvalue weighted by Crippen LogP contribution is -2.26. The molecule has 0 aliphatic rings. The third-order valence-corrected chi connectivity index (χ3v) is 2.79. The lowest BCUT2D eigenvalue weighted by molar-refractivity contribution is 0.0544. The Morgan fingerprint density at radius 3 is 2.61 bits per heavy atom. The Morgan fingerprint density at radius 2 is 2.00 bits per heavy atom. The molecule has 0 amide bonds. The summed E-state index contributed by atoms with van der Waals surface area (Å²) in [5.74, 6) is 0. The van der Waals surface area contributed by atoms with E-state index in [1.54, 1.807) is 10.8 Å². The van der Waals surface area contributed by atoms with Gasteiger partial charge < -0.3 is 4.74 Å². The lowest BCUT2D eigenvalue weighted by atomic mass is 10.1. The standard InChI is InChI=1S/C15H19NO2/c1-5-11-7-6-8-13-12(11)9-10-16(13)14(17)18-15(2,3)4/h6-10H,5H2,1-4H3. The van der Waals surface area contributed by atoms with Crippen molar-refractivity contribution in [1.82, 2.24) is 4.57 Å². The van der Waals surface area contributed by atoms with Crippen molar-refractivity contribution in [2.45, 2.75) is 39.7 Å². The predicted octanol–water partition coefficient (Wildman–Crippen LogP) is 3.99. The molecule has 2 rings (SSSR count). The number of benzene rings is 1. The zero-order valence-corrected chi connectivity index (χ0v) is 11.4. The molecule has 18 heavy (non-hydrogen) atoms. The van der Waals surface area contributed by atoms with E-state index in [2.05, 4.69) is 13.0 Å². The molecule has 1 aromatic carbocycles. The van der Waals surface area contributed by atoms with E-state index in [-0.39, 0.29) is 6.09 Å². The summed E-state index contributed by atoms with van der Waals surface area (Å²) in [4.78, 5) is 12.1. The van der Waals surface area contributed by atoms with Gasteiger partial charge in [0, 0.05) is 11.6 Å². The molecule has 3 nitrogen and oxygen atoms in total. The van der Waals surface area contributed by atoms with Crippen molar-refractivity contribution in [3.63, 3.8) is 0 Å². The second-order valence-electron chi connectivity index (χ2n) is 5.37. The quantitative estimate of drug-likeness (QED) is 0.760. The van der Waals surface area contributed by atoms with Gasteiger partial charge in [0.2, 0.25) is 0 Å². The number of carbonyl (C=O) groups is 1. The van der Waals surface area contributed by atoms with Gasteiger partial charge in [-0.25, -0.2) is 4.79 Å². The largest absolute Gasteiger partial charge is 0.443 e. The van der Waals surface area contributed by atoms with E-state index in [1.165, 1.54) is 5.56 Å². The number of aryl methyl sites for hydroxylation is 1. The number of fused-ring (bicyclic) bond motifs is 1. The first-order chi connectivity index (χ1) is 8.42. The van der Waals surface area contributed by atoms with Crippen molar-refractivity contribution in [2.24, 2.45) is 0 Å². The summed E-state index contributed by atoms with van der Waals surface area (Å²) in [6, 6.07) is 7.97. The fraction of sp³-hybridized carbons (Fsp3) is 0.400. The molecule has 0 aliphatic heterocycles. The average Bonchev–Trinajstić information content (AvgIpc) is 2.69. The highest BCUT2D eigenvalue weighted by molar-refractivity contribution is 5.91. The van der Waals surface area contributed by atoms with Crippen molar-refractivity contribution in [2.75, 3.05) is 0 Å². The summed E-state index contributed by atoms with van der Waals surface area (Å²) in [6.07, 6.45) is 2.40. The summed E-state index contributed by atoms with van der Waals surface area (Å²) < 4.78 is 6.96. The fourth-order valence-corrected chi connectivity index (χ4v) is 2.01. The molecule has 3 heteroatoms. The summed E-state index contributed by atoms with van der Waals surface area (Å²) in [6.45, 7) is 7.72. The lowest BCUT2D eigenvalue weighted by Gasteiger charge is -2.19. The van der Waals surface area contributed by atoms with Crippen LogP contribution in [0.3, 0.4) is 0 Å². The zero-order valence-electron chi connectivity index (χ0n) is 11.4. The molecule has 1 heterocycles. The van der Waals surface area contributed by atoms with Crippen molar-refractivity contribution in [3.05, 3.63) is 36.0 Å². The Bertz CT molecular complexity index is 576. The maximum absolute atomic E-state index is 12.1. The van der Waals surface area contributed by atoms with Crippen LogP contribution in [0.4, 0.5) is 4.79 Å². The van der Waals surface area contributed by atoms with Crippen LogP contribution in [0.5, 0.6) is 0 Å². The molecule has 0 fully saturated rings. The van der Waals surface area contributed by atoms with E-state index in [0.29, 0.717) is 0 Å². The molecule has 0 radical (unpaired) electrons. The average molecular weight is 245 g/mol. The SMILES string of the molecule is CCc1cccc2c1ccn2C(=O)OC(C)(C)C. The topological polar surface area (TPSA) is 31.2 Å². The predicted molar refractivity (Wildman–Crippen MR) is 72.9 cm³/mol. The third kappa shape index (κ3) is 2.40. The molecule has 0 spiro atoms. The molecular formula is C15H19NO2. The van der Waals surface area contributed by atoms with Crippen LogP contribution in [-0.4, -0.2) is 16.3 Å². The van der Waals surface area contributed by atoms with Crippen LogP contribution in [0.25, 0.3) is 10.9 Å². The highest BCUT2D eigenvalue weighted by Gasteiger charge is 2.19. The van der Waals surface area contributed by atoms with Gasteiger partial charge in [-0.2, -0.15) is 0 Å². The van der Waals surface area contributed by atoms with Crippen LogP contribution in [0, 0.1) is 0 Å². The molecule has 1 aromatic heterocycles. The molecule has 0 saturated carbocycles. The number of rotatable bonds is 1. The summed E-state index contributed by atoms with van der Waals surface area (Å²) in [5.41, 5.74) is 1.68. The monoisotopic (exact) mass is 245 g/mol. The first kappa shape index (κ1) is 12.7. The number of hydrogen-bond donors (Lipinski definition) is 0. The Hall–Kier alpha value is -1.77. The minimum Gasteiger partial charge on any atom is -0.443 e. The van der Waals surface area contributed by atoms with Gasteiger partial charge in [-0.1, -0.05) is 19.1 Å². The zero-order chi connectivity index (χ0) is 13.3. The maximum atomic E-state index is 12.1. The molecule has 0 aliphatic carbocycles. The van der Waals surface area contributed by atoms with Gasteiger partial charge in [0.1, 0.15) is 5.60 Å². The normalized spacial score (nSPS) is 11.8. The molecule has 0 bridgehead atoms. The van der Waals surface area contributed by atoms with E-state index >= 15 is 0 Å². The number of nitrogens with zero attached hydrogens (tertiary/aromatic N) is 1. The molecule has 0 N–H and O–H groups in total. The Labute approximate surface area is 107 Å². The van der Waals surface area contributed by atoms with Crippen LogP contribution in [0.2, 0.25) is 0 Å². The van der Waals surface area contributed by atoms with E-state index in [0.717, 1.165) is 17.3 Å². The smallest absolute Gasteiger partial charge is 0.418 e. The number of hydrogen-bond acceptors (Lipinski definition) is 2. The second kappa shape index (κ2) is 4.48. The highest BCUT2D eigenvalue weighted by Crippen LogP contribution is 2.22. The molecule has 0 unspecified atom stereocenters. The third-order valence-electron chi connectivity index (χ3n) is 2.79. The van der Waals surface area contributed by atoms with Crippen molar-refractivity contribution >= 4 is 17.0 Å². The van der Waals surface area contributed by atoms with E-state index in [1.807, 2.05) is 39.0 Å². The molecular weight excluding hydrogens is 226 g/mol. The van der Waals surface area contributed by atoms with Gasteiger partial charge in [-0.3, -0.25) is 4.57 Å². The fourth-order valence-electron chi connectivity index (χ4n) is 2.01. The van der Waals surface area contributed by atoms with Gasteiger partial charge in [0.15, 0.2) is 0 Å². The van der Waals surface area contributed by atoms with Crippen LogP contribution >= 0.6 is 0 Å². The molecule has 96 valence electrons. The Morgan fingerprint density at radius 1 is 1.28 bits per heavy atom. The molecule has 2 aromatic rings. The van der Waals surface area contributed by atoms with Crippen molar-refractivity contribution < 1.29 is 9.53 Å². The van der Waals surface area contributed by atoms with Gasteiger partial charge >= 0.3 is 6.09 Å². The van der Waals surface area contributed by atoms with Crippen LogP contribution < -0.4 is 0 Å². The molecule has 0 atom stereocenters. The maximum Gasteiger partial charge on any atom is 0.418 e. The van der Waals surface area contributed by atoms with Gasteiger partial charge in [-0.15, -0.1) is 0 Å². The van der Waals surface area contributed by atoms with Gasteiger partial charge in [0.05, 0.1) is 5.52 Å². The van der Waals surface area contributed by atoms with Crippen molar-refractivity contribution in [1.29, 1.82) is 0 Å². The van der Waals surface area contributed by atoms with Crippen LogP contribution in [-0.2, 0) is 11.2 Å². The molecule has 0 saturated heterocycles. The summed E-state index contributed by atoms with van der Waals surface area (Å²) in [5, 5.41) is 1.12. The minimum atomic E-state index is -0.476. The summed E-state index contributed by atoms with van der Waals surface area (Å²) >= 11 is 0. The van der Waals surface area contributed by atoms with E-state index < -0.39 is 5.60 Å². The first-order valence-corrected chi connectivity index (χ1v) is 6.24. The van der Waals surface area contributed by atoms with Crippen LogP contribution in [0.15, 0.2) is 30.5 Å². The van der Waals surface area contributed by atoms with Crippen molar-refractivity contribution in [3.8, 4) is 0 Å². The number of carbonyl (C=O) groups excluding carboxylic acids is 1. The number of ether oxygens (including phenoxy) is 1. The summed E-state index contributed by atoms with van der Waals surface area (Å²) in [7, 11) is 0. The minimum absolute atomic E-state index is 0.328. The number of aromatic nitrogens is 1. The van der Waals surface area contributed by atoms with Crippen LogP contribution in [0.1, 0.15) is 33.3 Å². The van der Waals surface area contributed by atoms with Gasteiger partial charge in [-0.05, 0) is 44.9 Å². The van der Waals surface area contributed by atoms with Gasteiger partial charge in [0.25, 0.3) is 0 Å². The van der Waals surface area contributed by atoms with E-state index in [9.17, 15) is 4.79 Å². The first-order valence-electron chi connectivity index (χ1n) is 6.24. The Balaban J connectivity index is 2.44. The second-order valence-corrected chi connectivity index (χ2v) is 5.37. The highest BCUT2D eigenvalue weighted by atomic mass is 16.6. The Kier molecular flexibility index (Phi) is 3.16.